The number of benzene rings is 2. The molecule has 2 aromatic heterocycles. The zero-order valence-electron chi connectivity index (χ0n) is 12.6. The van der Waals surface area contributed by atoms with Crippen LogP contribution in [-0.4, -0.2) is 9.13 Å². The molecule has 0 spiro atoms. The van der Waals surface area contributed by atoms with E-state index < -0.39 is 0 Å². The average Bonchev–Trinajstić information content (AvgIpc) is 3.01. The van der Waals surface area contributed by atoms with Gasteiger partial charge in [-0.3, -0.25) is 4.57 Å². The van der Waals surface area contributed by atoms with Crippen molar-refractivity contribution in [3.63, 3.8) is 0 Å². The molecule has 0 saturated carbocycles. The highest BCUT2D eigenvalue weighted by molar-refractivity contribution is 6.08. The minimum absolute atomic E-state index is 1.25. The largest absolute Gasteiger partial charge is 0.337 e. The molecule has 0 bridgehead atoms. The van der Waals surface area contributed by atoms with E-state index in [1.165, 1.54) is 38.8 Å². The zero-order chi connectivity index (χ0) is 14.6. The molecule has 2 heterocycles. The third kappa shape index (κ3) is 1.59. The van der Waals surface area contributed by atoms with Gasteiger partial charge in [-0.25, -0.2) is 0 Å². The number of nitrogens with zero attached hydrogens (tertiary/aromatic N) is 2. The molecule has 104 valence electrons. The number of hydrogen-bond donors (Lipinski definition) is 0. The minimum Gasteiger partial charge on any atom is -0.337 e. The Hall–Kier alpha value is -2.48. The number of aromatic nitrogens is 2. The van der Waals surface area contributed by atoms with Gasteiger partial charge in [0.15, 0.2) is 0 Å². The molecule has 21 heavy (non-hydrogen) atoms. The molecule has 0 fully saturated rings. The Morgan fingerprint density at radius 1 is 0.810 bits per heavy atom. The smallest absolute Gasteiger partial charge is 0.125 e. The number of fused-ring (bicyclic) bond motifs is 3. The van der Waals surface area contributed by atoms with Gasteiger partial charge in [0.05, 0.1) is 11.2 Å². The van der Waals surface area contributed by atoms with Crippen LogP contribution in [0, 0.1) is 13.8 Å². The van der Waals surface area contributed by atoms with Crippen molar-refractivity contribution in [2.24, 2.45) is 7.05 Å². The van der Waals surface area contributed by atoms with Crippen molar-refractivity contribution in [2.75, 3.05) is 0 Å². The lowest BCUT2D eigenvalue weighted by Gasteiger charge is -2.13. The Balaban J connectivity index is 2.24. The van der Waals surface area contributed by atoms with Gasteiger partial charge >= 0.3 is 0 Å². The Kier molecular flexibility index (Phi) is 2.49. The summed E-state index contributed by atoms with van der Waals surface area (Å²) in [7, 11) is 2.11. The fourth-order valence-electron chi connectivity index (χ4n) is 3.24. The fraction of sp³-hybridized carbons (Fsp3) is 0.158. The molecule has 2 aromatic carbocycles. The van der Waals surface area contributed by atoms with E-state index >= 15 is 0 Å². The van der Waals surface area contributed by atoms with Crippen LogP contribution in [0.5, 0.6) is 0 Å². The van der Waals surface area contributed by atoms with Gasteiger partial charge in [0, 0.05) is 24.0 Å². The lowest BCUT2D eigenvalue weighted by molar-refractivity contribution is 0.923. The predicted molar refractivity (Wildman–Crippen MR) is 89.2 cm³/mol. The van der Waals surface area contributed by atoms with Crippen LogP contribution >= 0.6 is 0 Å². The third-order valence-electron chi connectivity index (χ3n) is 4.50. The molecular formula is C19H18N2. The molecule has 0 aliphatic carbocycles. The Morgan fingerprint density at radius 3 is 2.48 bits per heavy atom. The molecule has 0 atom stereocenters. The summed E-state index contributed by atoms with van der Waals surface area (Å²) < 4.78 is 4.59. The molecule has 0 amide bonds. The lowest BCUT2D eigenvalue weighted by atomic mass is 10.1. The van der Waals surface area contributed by atoms with Gasteiger partial charge in [0.1, 0.15) is 5.65 Å². The monoisotopic (exact) mass is 274 g/mol. The van der Waals surface area contributed by atoms with Crippen LogP contribution < -0.4 is 0 Å². The topological polar surface area (TPSA) is 9.86 Å². The molecule has 0 aliphatic heterocycles. The summed E-state index contributed by atoms with van der Waals surface area (Å²) in [6.45, 7) is 4.38. The van der Waals surface area contributed by atoms with Crippen LogP contribution in [-0.2, 0) is 7.05 Å². The maximum Gasteiger partial charge on any atom is 0.125 e. The molecule has 0 unspecified atom stereocenters. The van der Waals surface area contributed by atoms with Crippen molar-refractivity contribution in [2.45, 2.75) is 13.8 Å². The normalized spacial score (nSPS) is 11.6. The van der Waals surface area contributed by atoms with Crippen molar-refractivity contribution >= 4 is 21.9 Å². The van der Waals surface area contributed by atoms with Crippen LogP contribution in [0.15, 0.2) is 54.7 Å². The highest BCUT2D eigenvalue weighted by Gasteiger charge is 2.15. The molecular weight excluding hydrogens is 256 g/mol. The van der Waals surface area contributed by atoms with Crippen LogP contribution in [0.4, 0.5) is 0 Å². The second kappa shape index (κ2) is 4.26. The van der Waals surface area contributed by atoms with E-state index in [0.29, 0.717) is 0 Å². The standard InChI is InChI=1S/C19H18N2/c1-13-7-6-10-17(14(13)2)21-18-9-5-4-8-15(18)16-11-12-20(3)19(16)21/h4-12H,1-3H3. The predicted octanol–water partition coefficient (Wildman–Crippen LogP) is 4.74. The molecule has 4 aromatic rings. The first kappa shape index (κ1) is 12.3. The summed E-state index contributed by atoms with van der Waals surface area (Å²) in [5, 5.41) is 2.63. The summed E-state index contributed by atoms with van der Waals surface area (Å²) in [5.74, 6) is 0. The van der Waals surface area contributed by atoms with Gasteiger partial charge < -0.3 is 4.57 Å². The Morgan fingerprint density at radius 2 is 1.62 bits per heavy atom. The zero-order valence-corrected chi connectivity index (χ0v) is 12.6. The van der Waals surface area contributed by atoms with Gasteiger partial charge in [-0.2, -0.15) is 0 Å². The maximum atomic E-state index is 2.38. The molecule has 0 saturated heterocycles. The van der Waals surface area contributed by atoms with E-state index in [1.807, 2.05) is 0 Å². The van der Waals surface area contributed by atoms with E-state index in [0.717, 1.165) is 0 Å². The molecule has 4 rings (SSSR count). The molecule has 0 radical (unpaired) electrons. The number of para-hydroxylation sites is 1. The second-order valence-corrected chi connectivity index (χ2v) is 5.74. The number of aryl methyl sites for hydroxylation is 2. The summed E-state index contributed by atoms with van der Waals surface area (Å²) in [5.41, 5.74) is 6.45. The summed E-state index contributed by atoms with van der Waals surface area (Å²) in [4.78, 5) is 0. The molecule has 0 N–H and O–H groups in total. The fourth-order valence-corrected chi connectivity index (χ4v) is 3.24. The van der Waals surface area contributed by atoms with Crippen molar-refractivity contribution in [3.8, 4) is 5.69 Å². The van der Waals surface area contributed by atoms with Crippen LogP contribution in [0.25, 0.3) is 27.6 Å². The van der Waals surface area contributed by atoms with Crippen LogP contribution in [0.3, 0.4) is 0 Å². The van der Waals surface area contributed by atoms with Crippen molar-refractivity contribution < 1.29 is 0 Å². The summed E-state index contributed by atoms with van der Waals surface area (Å²) in [6, 6.07) is 17.4. The summed E-state index contributed by atoms with van der Waals surface area (Å²) in [6.07, 6.45) is 2.14. The van der Waals surface area contributed by atoms with E-state index in [-0.39, 0.29) is 0 Å². The van der Waals surface area contributed by atoms with E-state index in [2.05, 4.69) is 84.8 Å². The van der Waals surface area contributed by atoms with Gasteiger partial charge in [-0.15, -0.1) is 0 Å². The van der Waals surface area contributed by atoms with Crippen LogP contribution in [0.2, 0.25) is 0 Å². The summed E-state index contributed by atoms with van der Waals surface area (Å²) >= 11 is 0. The van der Waals surface area contributed by atoms with Crippen LogP contribution in [0.1, 0.15) is 11.1 Å². The Labute approximate surface area is 124 Å². The van der Waals surface area contributed by atoms with Crippen molar-refractivity contribution in [1.82, 2.24) is 9.13 Å². The number of hydrogen-bond acceptors (Lipinski definition) is 0. The molecule has 2 nitrogen and oxygen atoms in total. The van der Waals surface area contributed by atoms with Crippen molar-refractivity contribution in [3.05, 3.63) is 65.9 Å². The first-order valence-electron chi connectivity index (χ1n) is 7.29. The van der Waals surface area contributed by atoms with Gasteiger partial charge in [-0.05, 0) is 43.2 Å². The van der Waals surface area contributed by atoms with Gasteiger partial charge in [0.2, 0.25) is 0 Å². The molecule has 0 aliphatic rings. The van der Waals surface area contributed by atoms with Gasteiger partial charge in [0.25, 0.3) is 0 Å². The highest BCUT2D eigenvalue weighted by Crippen LogP contribution is 2.33. The Bertz CT molecular complexity index is 970. The van der Waals surface area contributed by atoms with Crippen molar-refractivity contribution in [1.29, 1.82) is 0 Å². The highest BCUT2D eigenvalue weighted by atomic mass is 15.1. The quantitative estimate of drug-likeness (QED) is 0.474. The first-order chi connectivity index (χ1) is 10.2. The third-order valence-corrected chi connectivity index (χ3v) is 4.50. The van der Waals surface area contributed by atoms with E-state index in [4.69, 9.17) is 0 Å². The van der Waals surface area contributed by atoms with E-state index in [1.54, 1.807) is 0 Å². The second-order valence-electron chi connectivity index (χ2n) is 5.74. The first-order valence-corrected chi connectivity index (χ1v) is 7.29. The lowest BCUT2D eigenvalue weighted by Crippen LogP contribution is -2.01. The average molecular weight is 274 g/mol. The van der Waals surface area contributed by atoms with Gasteiger partial charge in [-0.1, -0.05) is 30.3 Å². The SMILES string of the molecule is Cc1cccc(-n2c3ccccc3c3ccn(C)c32)c1C. The minimum atomic E-state index is 1.25. The molecule has 2 heteroatoms. The number of rotatable bonds is 1. The van der Waals surface area contributed by atoms with E-state index in [9.17, 15) is 0 Å². The maximum absolute atomic E-state index is 2.38.